The molecule has 0 aliphatic carbocycles. The lowest BCUT2D eigenvalue weighted by Gasteiger charge is -2.28. The smallest absolute Gasteiger partial charge is 0.237 e. The molecular weight excluding hydrogens is 424 g/mol. The summed E-state index contributed by atoms with van der Waals surface area (Å²) in [5.41, 5.74) is 1.96. The molecule has 1 atom stereocenters. The highest BCUT2D eigenvalue weighted by Crippen LogP contribution is 2.36. The topological polar surface area (TPSA) is 69.7 Å². The highest BCUT2D eigenvalue weighted by atomic mass is 16.7. The van der Waals surface area contributed by atoms with Crippen LogP contribution in [0.1, 0.15) is 25.0 Å². The van der Waals surface area contributed by atoms with Crippen LogP contribution >= 0.6 is 0 Å². The zero-order valence-corrected chi connectivity index (χ0v) is 19.7. The molecule has 8 nitrogen and oxygen atoms in total. The molecule has 1 saturated heterocycles. The number of hydrogen-bond acceptors (Lipinski definition) is 7. The van der Waals surface area contributed by atoms with E-state index in [1.807, 2.05) is 55.1 Å². The Balaban J connectivity index is 1.50. The third kappa shape index (κ3) is 5.51. The van der Waals surface area contributed by atoms with E-state index in [0.717, 1.165) is 34.1 Å². The minimum absolute atomic E-state index is 0.0955. The molecule has 0 radical (unpaired) electrons. The van der Waals surface area contributed by atoms with Crippen LogP contribution < -0.4 is 18.9 Å². The first-order chi connectivity index (χ1) is 16.0. The molecule has 0 spiro atoms. The van der Waals surface area contributed by atoms with E-state index in [1.165, 1.54) is 0 Å². The minimum Gasteiger partial charge on any atom is -0.497 e. The fourth-order valence-corrected chi connectivity index (χ4v) is 4.26. The Morgan fingerprint density at radius 3 is 2.52 bits per heavy atom. The molecule has 1 unspecified atom stereocenters. The number of ether oxygens (including phenoxy) is 5. The van der Waals surface area contributed by atoms with Gasteiger partial charge in [-0.2, -0.15) is 0 Å². The summed E-state index contributed by atoms with van der Waals surface area (Å²) in [4.78, 5) is 17.0. The van der Waals surface area contributed by atoms with Crippen LogP contribution in [0.25, 0.3) is 0 Å². The number of carbonyl (C=O) groups is 1. The SMILES string of the molecule is COc1cc(COC2CN(Cc3cccc4c3OCO4)CC(=O)N(C(C)C)C2)cc(OC)c1. The van der Waals surface area contributed by atoms with E-state index in [-0.39, 0.29) is 24.8 Å². The number of methoxy groups -OCH3 is 2. The first-order valence-electron chi connectivity index (χ1n) is 11.2. The maximum atomic E-state index is 13.0. The van der Waals surface area contributed by atoms with Crippen molar-refractivity contribution in [3.63, 3.8) is 0 Å². The molecule has 0 N–H and O–H groups in total. The minimum atomic E-state index is -0.148. The van der Waals surface area contributed by atoms with Gasteiger partial charge < -0.3 is 28.6 Å². The largest absolute Gasteiger partial charge is 0.497 e. The predicted molar refractivity (Wildman–Crippen MR) is 123 cm³/mol. The molecule has 178 valence electrons. The monoisotopic (exact) mass is 456 g/mol. The number of fused-ring (bicyclic) bond motifs is 1. The van der Waals surface area contributed by atoms with Crippen LogP contribution in [-0.2, 0) is 22.7 Å². The number of hydrogen-bond donors (Lipinski definition) is 0. The summed E-state index contributed by atoms with van der Waals surface area (Å²) in [6, 6.07) is 11.7. The van der Waals surface area contributed by atoms with Gasteiger partial charge in [0.15, 0.2) is 11.5 Å². The first-order valence-corrected chi connectivity index (χ1v) is 11.2. The Morgan fingerprint density at radius 1 is 1.06 bits per heavy atom. The summed E-state index contributed by atoms with van der Waals surface area (Å²) in [7, 11) is 3.26. The average molecular weight is 457 g/mol. The van der Waals surface area contributed by atoms with Crippen LogP contribution in [0.3, 0.4) is 0 Å². The van der Waals surface area contributed by atoms with Crippen molar-refractivity contribution >= 4 is 5.91 Å². The number of nitrogens with zero attached hydrogens (tertiary/aromatic N) is 2. The van der Waals surface area contributed by atoms with Crippen molar-refractivity contribution in [3.8, 4) is 23.0 Å². The van der Waals surface area contributed by atoms with Crippen molar-refractivity contribution in [2.45, 2.75) is 39.1 Å². The lowest BCUT2D eigenvalue weighted by atomic mass is 10.1. The van der Waals surface area contributed by atoms with E-state index in [0.29, 0.717) is 32.8 Å². The molecular formula is C25H32N2O6. The number of amides is 1. The van der Waals surface area contributed by atoms with Crippen molar-refractivity contribution in [2.24, 2.45) is 0 Å². The van der Waals surface area contributed by atoms with Crippen molar-refractivity contribution in [1.29, 1.82) is 0 Å². The van der Waals surface area contributed by atoms with E-state index in [1.54, 1.807) is 14.2 Å². The standard InChI is InChI=1S/C25H32N2O6/c1-17(2)27-13-22(31-15-18-8-20(29-3)10-21(9-18)30-4)12-26(14-24(27)28)11-19-6-5-7-23-25(19)33-16-32-23/h5-10,17,22H,11-16H2,1-4H3. The van der Waals surface area contributed by atoms with E-state index >= 15 is 0 Å². The highest BCUT2D eigenvalue weighted by molar-refractivity contribution is 5.79. The number of para-hydroxylation sites is 1. The van der Waals surface area contributed by atoms with Crippen LogP contribution in [0.15, 0.2) is 36.4 Å². The normalized spacial score (nSPS) is 18.5. The summed E-state index contributed by atoms with van der Waals surface area (Å²) in [5.74, 6) is 3.04. The number of rotatable bonds is 8. The molecule has 2 aromatic carbocycles. The molecule has 2 heterocycles. The van der Waals surface area contributed by atoms with Gasteiger partial charge in [-0.3, -0.25) is 9.69 Å². The van der Waals surface area contributed by atoms with Gasteiger partial charge in [0.05, 0.1) is 33.5 Å². The Labute approximate surface area is 194 Å². The molecule has 0 aromatic heterocycles. The molecule has 8 heteroatoms. The average Bonchev–Trinajstić information content (AvgIpc) is 3.23. The number of carbonyl (C=O) groups excluding carboxylic acids is 1. The van der Waals surface area contributed by atoms with Crippen LogP contribution in [0.5, 0.6) is 23.0 Å². The molecule has 0 saturated carbocycles. The van der Waals surface area contributed by atoms with Gasteiger partial charge in [-0.05, 0) is 37.6 Å². The highest BCUT2D eigenvalue weighted by Gasteiger charge is 2.31. The van der Waals surface area contributed by atoms with E-state index in [4.69, 9.17) is 23.7 Å². The second-order valence-corrected chi connectivity index (χ2v) is 8.61. The Kier molecular flexibility index (Phi) is 7.25. The predicted octanol–water partition coefficient (Wildman–Crippen LogP) is 3.07. The second-order valence-electron chi connectivity index (χ2n) is 8.61. The number of benzene rings is 2. The van der Waals surface area contributed by atoms with Crippen molar-refractivity contribution in [3.05, 3.63) is 47.5 Å². The van der Waals surface area contributed by atoms with Crippen molar-refractivity contribution in [2.75, 3.05) is 40.6 Å². The summed E-state index contributed by atoms with van der Waals surface area (Å²) in [6.45, 7) is 6.76. The van der Waals surface area contributed by atoms with E-state index in [2.05, 4.69) is 4.90 Å². The molecule has 33 heavy (non-hydrogen) atoms. The Bertz CT molecular complexity index is 957. The fourth-order valence-electron chi connectivity index (χ4n) is 4.26. The first kappa shape index (κ1) is 23.2. The molecule has 4 rings (SSSR count). The van der Waals surface area contributed by atoms with Gasteiger partial charge in [-0.1, -0.05) is 12.1 Å². The Morgan fingerprint density at radius 2 is 1.82 bits per heavy atom. The molecule has 2 aliphatic heterocycles. The third-order valence-corrected chi connectivity index (χ3v) is 5.93. The van der Waals surface area contributed by atoms with Gasteiger partial charge >= 0.3 is 0 Å². The molecule has 0 bridgehead atoms. The van der Waals surface area contributed by atoms with Gasteiger partial charge in [0.1, 0.15) is 11.5 Å². The Hall–Kier alpha value is -2.97. The van der Waals surface area contributed by atoms with Gasteiger partial charge in [0.25, 0.3) is 0 Å². The van der Waals surface area contributed by atoms with Gasteiger partial charge in [0, 0.05) is 37.3 Å². The van der Waals surface area contributed by atoms with Crippen molar-refractivity contribution < 1.29 is 28.5 Å². The maximum absolute atomic E-state index is 13.0. The van der Waals surface area contributed by atoms with E-state index in [9.17, 15) is 4.79 Å². The molecule has 1 amide bonds. The molecule has 1 fully saturated rings. The van der Waals surface area contributed by atoms with E-state index < -0.39 is 0 Å². The van der Waals surface area contributed by atoms with Gasteiger partial charge in [-0.25, -0.2) is 0 Å². The van der Waals surface area contributed by atoms with Gasteiger partial charge in [-0.15, -0.1) is 0 Å². The summed E-state index contributed by atoms with van der Waals surface area (Å²) in [6.07, 6.45) is -0.148. The zero-order chi connectivity index (χ0) is 23.4. The van der Waals surface area contributed by atoms with Crippen LogP contribution in [-0.4, -0.2) is 68.5 Å². The quantitative estimate of drug-likeness (QED) is 0.605. The van der Waals surface area contributed by atoms with Crippen LogP contribution in [0.2, 0.25) is 0 Å². The maximum Gasteiger partial charge on any atom is 0.237 e. The summed E-state index contributed by atoms with van der Waals surface area (Å²) < 4.78 is 28.3. The molecule has 2 aliphatic rings. The lowest BCUT2D eigenvalue weighted by Crippen LogP contribution is -2.42. The summed E-state index contributed by atoms with van der Waals surface area (Å²) in [5, 5.41) is 0. The molecule has 2 aromatic rings. The summed E-state index contributed by atoms with van der Waals surface area (Å²) >= 11 is 0. The van der Waals surface area contributed by atoms with Crippen molar-refractivity contribution in [1.82, 2.24) is 9.80 Å². The zero-order valence-electron chi connectivity index (χ0n) is 19.7. The van der Waals surface area contributed by atoms with Gasteiger partial charge in [0.2, 0.25) is 12.7 Å². The second kappa shape index (κ2) is 10.3. The fraction of sp³-hybridized carbons (Fsp3) is 0.480. The third-order valence-electron chi connectivity index (χ3n) is 5.93. The van der Waals surface area contributed by atoms with Crippen LogP contribution in [0, 0.1) is 0 Å². The van der Waals surface area contributed by atoms with Crippen LogP contribution in [0.4, 0.5) is 0 Å². The lowest BCUT2D eigenvalue weighted by molar-refractivity contribution is -0.133.